The molecule has 1 unspecified atom stereocenters. The number of aromatic hydroxyl groups is 1. The van der Waals surface area contributed by atoms with Crippen molar-refractivity contribution in [1.29, 1.82) is 0 Å². The highest BCUT2D eigenvalue weighted by atomic mass is 32.1. The van der Waals surface area contributed by atoms with E-state index in [-0.39, 0.29) is 78.4 Å². The standard InChI is InChI=1S/C50H58N8O9S/c1-28-43(68-27-53-28)31-12-10-29(11-13-31)25-52-47(64)39-23-34(59)26-58(39)49(66)44(50(2,3)4)55-42(61)9-7-8-20-51-45(62)33-15-14-30-17-19-37(36(30)21-33)54-46(63)38-24-41(67-56-38)32-16-18-35(40(60)22-32)48(65)57(5)6/h10-16,18,21-22,24,27,34,37,39,44,59-60H,7-9,17,19-20,23,25-26H2,1-6H3,(H,51,62)(H,52,64)(H,54,63)(H,55,61)/t34-,37-,39+,44?/m1/s1. The predicted octanol–water partition coefficient (Wildman–Crippen LogP) is 5.31. The van der Waals surface area contributed by atoms with Gasteiger partial charge in [-0.25, -0.2) is 4.98 Å². The molecule has 6 N–H and O–H groups in total. The third kappa shape index (κ3) is 11.4. The average molecular weight is 947 g/mol. The van der Waals surface area contributed by atoms with E-state index < -0.39 is 35.4 Å². The molecule has 0 radical (unpaired) electrons. The molecule has 0 spiro atoms. The van der Waals surface area contributed by atoms with Gasteiger partial charge < -0.3 is 45.8 Å². The first-order chi connectivity index (χ1) is 32.4. The first-order valence-electron chi connectivity index (χ1n) is 22.7. The molecule has 1 aliphatic carbocycles. The molecule has 68 heavy (non-hydrogen) atoms. The Labute approximate surface area is 398 Å². The molecule has 18 heteroatoms. The molecule has 2 aromatic heterocycles. The van der Waals surface area contributed by atoms with Crippen LogP contribution in [-0.4, -0.2) is 111 Å². The Bertz CT molecular complexity index is 2690. The highest BCUT2D eigenvalue weighted by molar-refractivity contribution is 7.13. The van der Waals surface area contributed by atoms with Crippen LogP contribution >= 0.6 is 11.3 Å². The highest BCUT2D eigenvalue weighted by Crippen LogP contribution is 2.34. The van der Waals surface area contributed by atoms with Crippen LogP contribution < -0.4 is 21.3 Å². The number of nitrogens with one attached hydrogen (secondary N) is 4. The number of β-amino-alcohol motifs (C(OH)–C–C–N with tert-alkyl or cyclic N) is 1. The monoisotopic (exact) mass is 946 g/mol. The molecular weight excluding hydrogens is 889 g/mol. The summed E-state index contributed by atoms with van der Waals surface area (Å²) in [4.78, 5) is 87.7. The molecule has 6 amide bonds. The van der Waals surface area contributed by atoms with E-state index in [0.29, 0.717) is 43.4 Å². The summed E-state index contributed by atoms with van der Waals surface area (Å²) in [6.07, 6.45) is 1.54. The summed E-state index contributed by atoms with van der Waals surface area (Å²) in [5, 5.41) is 36.7. The third-order valence-electron chi connectivity index (χ3n) is 12.3. The summed E-state index contributed by atoms with van der Waals surface area (Å²) in [6.45, 7) is 7.96. The summed E-state index contributed by atoms with van der Waals surface area (Å²) in [7, 11) is 3.16. The number of aromatic nitrogens is 2. The molecule has 0 saturated carbocycles. The number of aryl methyl sites for hydroxylation is 2. The number of unbranched alkanes of at least 4 members (excludes halogenated alkanes) is 1. The molecule has 5 aromatic rings. The van der Waals surface area contributed by atoms with Crippen molar-refractivity contribution in [2.75, 3.05) is 27.2 Å². The normalized spacial score (nSPS) is 17.0. The van der Waals surface area contributed by atoms with E-state index in [4.69, 9.17) is 4.52 Å². The number of phenols is 1. The number of amides is 6. The van der Waals surface area contributed by atoms with Gasteiger partial charge in [0.15, 0.2) is 11.5 Å². The number of thiazole rings is 1. The Balaban J connectivity index is 0.864. The minimum absolute atomic E-state index is 0.0292. The minimum atomic E-state index is -0.958. The van der Waals surface area contributed by atoms with Gasteiger partial charge >= 0.3 is 0 Å². The van der Waals surface area contributed by atoms with Crippen LogP contribution in [0.4, 0.5) is 0 Å². The molecule has 17 nitrogen and oxygen atoms in total. The molecule has 2 aliphatic rings. The molecule has 1 aliphatic heterocycles. The second-order valence-corrected chi connectivity index (χ2v) is 19.5. The topological polar surface area (TPSA) is 236 Å². The molecule has 358 valence electrons. The van der Waals surface area contributed by atoms with Crippen LogP contribution in [0.15, 0.2) is 76.8 Å². The van der Waals surface area contributed by atoms with Crippen molar-refractivity contribution in [1.82, 2.24) is 41.2 Å². The molecule has 1 saturated heterocycles. The minimum Gasteiger partial charge on any atom is -0.507 e. The van der Waals surface area contributed by atoms with Gasteiger partial charge in [-0.15, -0.1) is 11.3 Å². The lowest BCUT2D eigenvalue weighted by Gasteiger charge is -2.35. The number of benzene rings is 3. The van der Waals surface area contributed by atoms with Crippen molar-refractivity contribution >= 4 is 46.8 Å². The molecule has 0 bridgehead atoms. The van der Waals surface area contributed by atoms with E-state index in [1.807, 2.05) is 58.0 Å². The fourth-order valence-electron chi connectivity index (χ4n) is 8.48. The molecule has 3 heterocycles. The maximum absolute atomic E-state index is 14.1. The fraction of sp³-hybridized carbons (Fsp3) is 0.400. The van der Waals surface area contributed by atoms with E-state index in [1.54, 1.807) is 49.1 Å². The molecule has 3 aromatic carbocycles. The van der Waals surface area contributed by atoms with E-state index in [2.05, 4.69) is 31.4 Å². The van der Waals surface area contributed by atoms with Gasteiger partial charge in [0.2, 0.25) is 17.7 Å². The zero-order valence-electron chi connectivity index (χ0n) is 39.1. The lowest BCUT2D eigenvalue weighted by Crippen LogP contribution is -2.57. The summed E-state index contributed by atoms with van der Waals surface area (Å²) >= 11 is 1.56. The number of hydrogen-bond donors (Lipinski definition) is 6. The van der Waals surface area contributed by atoms with E-state index in [9.17, 15) is 39.0 Å². The number of carbonyl (C=O) groups is 6. The van der Waals surface area contributed by atoms with Crippen LogP contribution in [0, 0.1) is 12.3 Å². The number of likely N-dealkylation sites (tertiary alicyclic amines) is 1. The Morgan fingerprint density at radius 3 is 2.38 bits per heavy atom. The number of fused-ring (bicyclic) bond motifs is 1. The quantitative estimate of drug-likeness (QED) is 0.0694. The van der Waals surface area contributed by atoms with Crippen molar-refractivity contribution in [3.8, 4) is 27.5 Å². The van der Waals surface area contributed by atoms with Crippen LogP contribution in [0.25, 0.3) is 21.8 Å². The van der Waals surface area contributed by atoms with Gasteiger partial charge in [0.05, 0.1) is 33.8 Å². The van der Waals surface area contributed by atoms with Gasteiger partial charge in [-0.1, -0.05) is 62.3 Å². The smallest absolute Gasteiger partial charge is 0.273 e. The number of carbonyl (C=O) groups excluding carboxylic acids is 6. The predicted molar refractivity (Wildman–Crippen MR) is 254 cm³/mol. The van der Waals surface area contributed by atoms with Gasteiger partial charge in [-0.2, -0.15) is 0 Å². The maximum atomic E-state index is 14.1. The van der Waals surface area contributed by atoms with E-state index >= 15 is 0 Å². The first-order valence-corrected chi connectivity index (χ1v) is 23.5. The second kappa shape index (κ2) is 20.9. The van der Waals surface area contributed by atoms with Crippen molar-refractivity contribution in [2.24, 2.45) is 5.41 Å². The Hall–Kier alpha value is -6.92. The average Bonchev–Trinajstić information content (AvgIpc) is 4.14. The SMILES string of the molecule is Cc1ncsc1-c1ccc(CNC(=O)[C@@H]2C[C@@H](O)CN2C(=O)C(NC(=O)CCCCNC(=O)c2ccc3c(c2)[C@H](NC(=O)c2cc(-c4ccc(C(=O)N(C)C)c(O)c4)on2)CC3)C(C)(C)C)cc1. The third-order valence-corrected chi connectivity index (χ3v) is 13.3. The number of nitrogens with zero attached hydrogens (tertiary/aromatic N) is 4. The molecule has 4 atom stereocenters. The molecule has 1 fully saturated rings. The summed E-state index contributed by atoms with van der Waals surface area (Å²) in [6, 6.07) is 16.9. The van der Waals surface area contributed by atoms with Gasteiger partial charge in [0.1, 0.15) is 17.8 Å². The zero-order chi connectivity index (χ0) is 48.9. The molecular formula is C50H58N8O9S. The van der Waals surface area contributed by atoms with Gasteiger partial charge in [0.25, 0.3) is 17.7 Å². The first kappa shape index (κ1) is 49.0. The highest BCUT2D eigenvalue weighted by Gasteiger charge is 2.44. The van der Waals surface area contributed by atoms with Crippen molar-refractivity contribution in [2.45, 2.75) is 97.0 Å². The van der Waals surface area contributed by atoms with Gasteiger partial charge in [-0.3, -0.25) is 28.8 Å². The maximum Gasteiger partial charge on any atom is 0.273 e. The van der Waals surface area contributed by atoms with E-state index in [1.165, 1.54) is 28.0 Å². The number of rotatable bonds is 16. The lowest BCUT2D eigenvalue weighted by molar-refractivity contribution is -0.144. The lowest BCUT2D eigenvalue weighted by atomic mass is 9.85. The van der Waals surface area contributed by atoms with Crippen LogP contribution in [0.5, 0.6) is 5.75 Å². The number of phenolic OH excluding ortho intramolecular Hbond substituents is 1. The van der Waals surface area contributed by atoms with Crippen molar-refractivity contribution in [3.05, 3.63) is 111 Å². The summed E-state index contributed by atoms with van der Waals surface area (Å²) in [5.41, 5.74) is 6.81. The zero-order valence-corrected chi connectivity index (χ0v) is 39.9. The Morgan fingerprint density at radius 2 is 1.69 bits per heavy atom. The summed E-state index contributed by atoms with van der Waals surface area (Å²) < 4.78 is 5.40. The van der Waals surface area contributed by atoms with Crippen molar-refractivity contribution < 1.29 is 43.5 Å². The van der Waals surface area contributed by atoms with E-state index in [0.717, 1.165) is 32.8 Å². The van der Waals surface area contributed by atoms with Crippen LogP contribution in [0.3, 0.4) is 0 Å². The molecule has 7 rings (SSSR count). The Kier molecular flexibility index (Phi) is 15.1. The Morgan fingerprint density at radius 1 is 0.941 bits per heavy atom. The largest absolute Gasteiger partial charge is 0.507 e. The number of aliphatic hydroxyl groups excluding tert-OH is 1. The summed E-state index contributed by atoms with van der Waals surface area (Å²) in [5.74, 6) is -2.31. The van der Waals surface area contributed by atoms with Crippen LogP contribution in [-0.2, 0) is 27.3 Å². The van der Waals surface area contributed by atoms with Crippen LogP contribution in [0.1, 0.15) is 113 Å². The second-order valence-electron chi connectivity index (χ2n) is 18.6. The fourth-order valence-corrected chi connectivity index (χ4v) is 9.29. The van der Waals surface area contributed by atoms with Gasteiger partial charge in [-0.05, 0) is 84.5 Å². The van der Waals surface area contributed by atoms with Crippen molar-refractivity contribution in [3.63, 3.8) is 0 Å². The van der Waals surface area contributed by atoms with Crippen LogP contribution in [0.2, 0.25) is 0 Å². The van der Waals surface area contributed by atoms with Gasteiger partial charge in [0, 0.05) is 63.8 Å². The number of hydrogen-bond acceptors (Lipinski definition) is 12. The number of aliphatic hydroxyl groups is 1.